The number of aromatic nitrogens is 2. The van der Waals surface area contributed by atoms with Gasteiger partial charge in [0.15, 0.2) is 5.16 Å². The molecular formula is C20H29N5O5S2. The number of carbonyl (C=O) groups is 2. The Hall–Kier alpha value is -2.15. The second kappa shape index (κ2) is 9.77. The normalized spacial score (nSPS) is 15.6. The SMILES string of the molecule is CCn1c(SCC(=O)NC(=O)NC(C)(C)C)nc2cc(S(=O)(=O)N3CCOCC3)ccc21. The van der Waals surface area contributed by atoms with Crippen LogP contribution in [-0.4, -0.2) is 71.8 Å². The number of sulfonamides is 1. The molecule has 176 valence electrons. The highest BCUT2D eigenvalue weighted by Crippen LogP contribution is 2.27. The van der Waals surface area contributed by atoms with E-state index in [0.29, 0.717) is 43.5 Å². The number of hydrogen-bond acceptors (Lipinski definition) is 7. The van der Waals surface area contributed by atoms with Gasteiger partial charge in [0.05, 0.1) is 34.9 Å². The van der Waals surface area contributed by atoms with Crippen molar-refractivity contribution in [3.63, 3.8) is 0 Å². The Morgan fingerprint density at radius 2 is 1.91 bits per heavy atom. The number of amides is 3. The number of thioether (sulfide) groups is 1. The maximum atomic E-state index is 12.9. The first-order valence-electron chi connectivity index (χ1n) is 10.3. The highest BCUT2D eigenvalue weighted by Gasteiger charge is 2.27. The van der Waals surface area contributed by atoms with E-state index in [4.69, 9.17) is 4.74 Å². The average Bonchev–Trinajstić information content (AvgIpc) is 3.08. The molecule has 0 spiro atoms. The van der Waals surface area contributed by atoms with Gasteiger partial charge in [0.25, 0.3) is 0 Å². The zero-order chi connectivity index (χ0) is 23.5. The van der Waals surface area contributed by atoms with E-state index < -0.39 is 27.5 Å². The maximum absolute atomic E-state index is 12.9. The van der Waals surface area contributed by atoms with Gasteiger partial charge in [0.2, 0.25) is 15.9 Å². The Balaban J connectivity index is 1.75. The van der Waals surface area contributed by atoms with Crippen LogP contribution in [0.3, 0.4) is 0 Å². The molecule has 3 rings (SSSR count). The van der Waals surface area contributed by atoms with Gasteiger partial charge in [0, 0.05) is 25.2 Å². The number of imidazole rings is 1. The summed E-state index contributed by atoms with van der Waals surface area (Å²) in [4.78, 5) is 28.8. The summed E-state index contributed by atoms with van der Waals surface area (Å²) < 4.78 is 34.5. The molecular weight excluding hydrogens is 454 g/mol. The van der Waals surface area contributed by atoms with Crippen LogP contribution in [0, 0.1) is 0 Å². The largest absolute Gasteiger partial charge is 0.379 e. The first-order valence-corrected chi connectivity index (χ1v) is 12.8. The Morgan fingerprint density at radius 3 is 2.53 bits per heavy atom. The lowest BCUT2D eigenvalue weighted by atomic mass is 10.1. The molecule has 1 fully saturated rings. The van der Waals surface area contributed by atoms with Gasteiger partial charge < -0.3 is 14.6 Å². The van der Waals surface area contributed by atoms with E-state index in [1.165, 1.54) is 16.1 Å². The molecule has 1 saturated heterocycles. The number of nitrogens with zero attached hydrogens (tertiary/aromatic N) is 3. The summed E-state index contributed by atoms with van der Waals surface area (Å²) in [6.45, 7) is 9.41. The predicted molar refractivity (Wildman–Crippen MR) is 122 cm³/mol. The number of imide groups is 1. The summed E-state index contributed by atoms with van der Waals surface area (Å²) in [6.07, 6.45) is 0. The summed E-state index contributed by atoms with van der Waals surface area (Å²) in [5, 5.41) is 5.55. The molecule has 0 aliphatic carbocycles. The molecule has 3 amide bonds. The van der Waals surface area contributed by atoms with Crippen LogP contribution in [0.5, 0.6) is 0 Å². The summed E-state index contributed by atoms with van der Waals surface area (Å²) in [6, 6.07) is 4.33. The van der Waals surface area contributed by atoms with Gasteiger partial charge in [-0.2, -0.15) is 4.31 Å². The van der Waals surface area contributed by atoms with Crippen LogP contribution < -0.4 is 10.6 Å². The lowest BCUT2D eigenvalue weighted by Crippen LogP contribution is -2.48. The smallest absolute Gasteiger partial charge is 0.321 e. The lowest BCUT2D eigenvalue weighted by Gasteiger charge is -2.26. The molecule has 12 heteroatoms. The number of aryl methyl sites for hydroxylation is 1. The van der Waals surface area contributed by atoms with E-state index in [1.807, 2.05) is 32.3 Å². The van der Waals surface area contributed by atoms with Gasteiger partial charge in [-0.25, -0.2) is 18.2 Å². The van der Waals surface area contributed by atoms with Crippen LogP contribution >= 0.6 is 11.8 Å². The van der Waals surface area contributed by atoms with Crippen molar-refractivity contribution in [3.8, 4) is 0 Å². The van der Waals surface area contributed by atoms with Crippen LogP contribution in [0.25, 0.3) is 11.0 Å². The van der Waals surface area contributed by atoms with Gasteiger partial charge in [-0.05, 0) is 45.9 Å². The molecule has 32 heavy (non-hydrogen) atoms. The van der Waals surface area contributed by atoms with Crippen LogP contribution in [0.2, 0.25) is 0 Å². The topological polar surface area (TPSA) is 123 Å². The molecule has 0 bridgehead atoms. The zero-order valence-corrected chi connectivity index (χ0v) is 20.3. The third-order valence-electron chi connectivity index (χ3n) is 4.68. The fourth-order valence-electron chi connectivity index (χ4n) is 3.26. The van der Waals surface area contributed by atoms with Crippen LogP contribution in [0.4, 0.5) is 4.79 Å². The zero-order valence-electron chi connectivity index (χ0n) is 18.7. The van der Waals surface area contributed by atoms with Crippen LogP contribution in [0.1, 0.15) is 27.7 Å². The molecule has 2 N–H and O–H groups in total. The number of morpholine rings is 1. The van der Waals surface area contributed by atoms with E-state index in [2.05, 4.69) is 15.6 Å². The lowest BCUT2D eigenvalue weighted by molar-refractivity contribution is -0.117. The number of carbonyl (C=O) groups excluding carboxylic acids is 2. The molecule has 2 aromatic rings. The fraction of sp³-hybridized carbons (Fsp3) is 0.550. The van der Waals surface area contributed by atoms with Gasteiger partial charge >= 0.3 is 6.03 Å². The number of rotatable bonds is 6. The number of urea groups is 1. The van der Waals surface area contributed by atoms with Gasteiger partial charge in [-0.1, -0.05) is 11.8 Å². The van der Waals surface area contributed by atoms with Crippen molar-refractivity contribution in [1.29, 1.82) is 0 Å². The van der Waals surface area contributed by atoms with E-state index in [1.54, 1.807) is 18.2 Å². The second-order valence-corrected chi connectivity index (χ2v) is 11.2. The molecule has 1 aliphatic rings. The standard InChI is InChI=1S/C20H29N5O5S2/c1-5-25-16-7-6-14(32(28,29)24-8-10-30-11-9-24)12-15(16)21-19(25)31-13-17(26)22-18(27)23-20(2,3)4/h6-7,12H,5,8-11,13H2,1-4H3,(H2,22,23,26,27). The average molecular weight is 484 g/mol. The van der Waals surface area contributed by atoms with Gasteiger partial charge in [-0.15, -0.1) is 0 Å². The summed E-state index contributed by atoms with van der Waals surface area (Å²) in [5.41, 5.74) is 0.865. The highest BCUT2D eigenvalue weighted by molar-refractivity contribution is 7.99. The third kappa shape index (κ3) is 5.80. The monoisotopic (exact) mass is 483 g/mol. The summed E-state index contributed by atoms with van der Waals surface area (Å²) >= 11 is 1.19. The first kappa shape index (κ1) is 24.5. The number of hydrogen-bond donors (Lipinski definition) is 2. The van der Waals surface area contributed by atoms with Gasteiger partial charge in [0.1, 0.15) is 0 Å². The number of nitrogens with one attached hydrogen (secondary N) is 2. The quantitative estimate of drug-likeness (QED) is 0.601. The molecule has 2 heterocycles. The Bertz CT molecular complexity index is 1100. The van der Waals surface area contributed by atoms with E-state index in [-0.39, 0.29) is 10.6 Å². The Kier molecular flexibility index (Phi) is 7.48. The van der Waals surface area contributed by atoms with Crippen molar-refractivity contribution in [3.05, 3.63) is 18.2 Å². The predicted octanol–water partition coefficient (Wildman–Crippen LogP) is 1.79. The summed E-state index contributed by atoms with van der Waals surface area (Å²) in [5.74, 6) is -0.443. The minimum Gasteiger partial charge on any atom is -0.379 e. The molecule has 0 atom stereocenters. The van der Waals surface area contributed by atoms with Crippen molar-refractivity contribution in [2.45, 2.75) is 49.8 Å². The van der Waals surface area contributed by atoms with E-state index in [9.17, 15) is 18.0 Å². The maximum Gasteiger partial charge on any atom is 0.321 e. The second-order valence-electron chi connectivity index (χ2n) is 8.35. The molecule has 1 aliphatic heterocycles. The minimum atomic E-state index is -3.63. The van der Waals surface area contributed by atoms with Crippen molar-refractivity contribution in [2.24, 2.45) is 0 Å². The van der Waals surface area contributed by atoms with Crippen molar-refractivity contribution in [1.82, 2.24) is 24.5 Å². The number of ether oxygens (including phenoxy) is 1. The molecule has 0 radical (unpaired) electrons. The number of fused-ring (bicyclic) bond motifs is 1. The highest BCUT2D eigenvalue weighted by atomic mass is 32.2. The Labute approximate surface area is 192 Å². The van der Waals surface area contributed by atoms with Crippen LogP contribution in [0.15, 0.2) is 28.3 Å². The third-order valence-corrected chi connectivity index (χ3v) is 7.55. The molecule has 0 unspecified atom stereocenters. The molecule has 0 saturated carbocycles. The van der Waals surface area contributed by atoms with Crippen LogP contribution in [-0.2, 0) is 26.1 Å². The first-order chi connectivity index (χ1) is 15.0. The fourth-order valence-corrected chi connectivity index (χ4v) is 5.57. The minimum absolute atomic E-state index is 0.000180. The van der Waals surface area contributed by atoms with Crippen molar-refractivity contribution >= 4 is 44.8 Å². The van der Waals surface area contributed by atoms with E-state index >= 15 is 0 Å². The molecule has 1 aromatic heterocycles. The molecule has 1 aromatic carbocycles. The van der Waals surface area contributed by atoms with E-state index in [0.717, 1.165) is 5.52 Å². The number of benzene rings is 1. The summed E-state index contributed by atoms with van der Waals surface area (Å²) in [7, 11) is -3.63. The van der Waals surface area contributed by atoms with Crippen molar-refractivity contribution in [2.75, 3.05) is 32.1 Å². The molecule has 10 nitrogen and oxygen atoms in total. The van der Waals surface area contributed by atoms with Gasteiger partial charge in [-0.3, -0.25) is 10.1 Å². The van der Waals surface area contributed by atoms with Crippen molar-refractivity contribution < 1.29 is 22.7 Å². The Morgan fingerprint density at radius 1 is 1.22 bits per heavy atom.